The number of hydrogen-bond donors (Lipinski definition) is 2. The number of carbonyl (C=O) groups is 3. The summed E-state index contributed by atoms with van der Waals surface area (Å²) < 4.78 is 5.50. The Morgan fingerprint density at radius 3 is 2.66 bits per heavy atom. The van der Waals surface area contributed by atoms with Crippen molar-refractivity contribution in [2.45, 2.75) is 26.2 Å². The molecule has 29 heavy (non-hydrogen) atoms. The predicted octanol–water partition coefficient (Wildman–Crippen LogP) is 2.97. The summed E-state index contributed by atoms with van der Waals surface area (Å²) in [5, 5.41) is 5.35. The molecule has 1 aliphatic rings. The van der Waals surface area contributed by atoms with Crippen LogP contribution in [0.5, 0.6) is 5.75 Å². The molecule has 0 bridgehead atoms. The van der Waals surface area contributed by atoms with E-state index in [4.69, 9.17) is 4.74 Å². The molecule has 0 unspecified atom stereocenters. The van der Waals surface area contributed by atoms with Crippen molar-refractivity contribution < 1.29 is 19.1 Å². The first-order valence-electron chi connectivity index (χ1n) is 9.79. The molecule has 2 aromatic rings. The second kappa shape index (κ2) is 9.73. The van der Waals surface area contributed by atoms with Crippen LogP contribution in [0, 0.1) is 0 Å². The van der Waals surface area contributed by atoms with E-state index >= 15 is 0 Å². The standard InChI is InChI=1S/C22H25N3O4/c1-2-3-7-12-25-18-13-17(10-11-19(18)29-15-21(25)27)24-20(26)14-23-22(28)16-8-5-4-6-9-16/h4-6,8-11,13H,2-3,7,12,14-15H2,1H3,(H,23,28)(H,24,26). The van der Waals surface area contributed by atoms with Crippen molar-refractivity contribution >= 4 is 29.1 Å². The zero-order chi connectivity index (χ0) is 20.6. The number of anilines is 2. The zero-order valence-electron chi connectivity index (χ0n) is 16.4. The van der Waals surface area contributed by atoms with Gasteiger partial charge in [-0.3, -0.25) is 14.4 Å². The molecule has 1 aliphatic heterocycles. The highest BCUT2D eigenvalue weighted by Gasteiger charge is 2.25. The van der Waals surface area contributed by atoms with Gasteiger partial charge in [-0.2, -0.15) is 0 Å². The van der Waals surface area contributed by atoms with Crippen molar-refractivity contribution in [2.24, 2.45) is 0 Å². The molecule has 1 heterocycles. The fourth-order valence-corrected chi connectivity index (χ4v) is 3.10. The van der Waals surface area contributed by atoms with E-state index in [2.05, 4.69) is 17.6 Å². The zero-order valence-corrected chi connectivity index (χ0v) is 16.4. The molecule has 0 aliphatic carbocycles. The number of unbranched alkanes of at least 4 members (excludes halogenated alkanes) is 2. The summed E-state index contributed by atoms with van der Waals surface area (Å²) in [7, 11) is 0. The van der Waals surface area contributed by atoms with Crippen molar-refractivity contribution in [3.8, 4) is 5.75 Å². The van der Waals surface area contributed by atoms with Crippen molar-refractivity contribution in [1.82, 2.24) is 5.32 Å². The Morgan fingerprint density at radius 1 is 1.10 bits per heavy atom. The van der Waals surface area contributed by atoms with Gasteiger partial charge >= 0.3 is 0 Å². The maximum absolute atomic E-state index is 12.3. The largest absolute Gasteiger partial charge is 0.482 e. The van der Waals surface area contributed by atoms with E-state index in [1.54, 1.807) is 47.4 Å². The van der Waals surface area contributed by atoms with Crippen LogP contribution in [0.3, 0.4) is 0 Å². The van der Waals surface area contributed by atoms with Crippen LogP contribution in [-0.2, 0) is 9.59 Å². The van der Waals surface area contributed by atoms with Gasteiger partial charge in [-0.05, 0) is 36.8 Å². The van der Waals surface area contributed by atoms with Crippen molar-refractivity contribution in [3.05, 3.63) is 54.1 Å². The number of ether oxygens (including phenoxy) is 1. The fraction of sp³-hybridized carbons (Fsp3) is 0.318. The lowest BCUT2D eigenvalue weighted by Crippen LogP contribution is -2.39. The highest BCUT2D eigenvalue weighted by atomic mass is 16.5. The normalized spacial score (nSPS) is 12.7. The van der Waals surface area contributed by atoms with Crippen LogP contribution in [-0.4, -0.2) is 37.4 Å². The smallest absolute Gasteiger partial charge is 0.265 e. The Labute approximate surface area is 170 Å². The molecular formula is C22H25N3O4. The summed E-state index contributed by atoms with van der Waals surface area (Å²) in [5.74, 6) is -0.134. The first-order valence-corrected chi connectivity index (χ1v) is 9.79. The molecule has 0 fully saturated rings. The van der Waals surface area contributed by atoms with Gasteiger partial charge in [0.2, 0.25) is 5.91 Å². The third kappa shape index (κ3) is 5.34. The highest BCUT2D eigenvalue weighted by molar-refractivity contribution is 6.01. The molecule has 0 radical (unpaired) electrons. The van der Waals surface area contributed by atoms with E-state index in [0.717, 1.165) is 19.3 Å². The Bertz CT molecular complexity index is 883. The van der Waals surface area contributed by atoms with Crippen LogP contribution in [0.15, 0.2) is 48.5 Å². The third-order valence-corrected chi connectivity index (χ3v) is 4.62. The Morgan fingerprint density at radius 2 is 1.90 bits per heavy atom. The molecule has 3 rings (SSSR count). The summed E-state index contributed by atoms with van der Waals surface area (Å²) >= 11 is 0. The molecule has 3 amide bonds. The number of fused-ring (bicyclic) bond motifs is 1. The van der Waals surface area contributed by atoms with Gasteiger partial charge in [-0.25, -0.2) is 0 Å². The van der Waals surface area contributed by atoms with Gasteiger partial charge in [0.1, 0.15) is 5.75 Å². The lowest BCUT2D eigenvalue weighted by atomic mass is 10.1. The average Bonchev–Trinajstić information content (AvgIpc) is 2.74. The molecular weight excluding hydrogens is 370 g/mol. The van der Waals surface area contributed by atoms with Gasteiger partial charge in [0.05, 0.1) is 12.2 Å². The molecule has 0 spiro atoms. The van der Waals surface area contributed by atoms with Gasteiger partial charge in [0.25, 0.3) is 11.8 Å². The summed E-state index contributed by atoms with van der Waals surface area (Å²) in [6, 6.07) is 13.9. The maximum Gasteiger partial charge on any atom is 0.265 e. The van der Waals surface area contributed by atoms with E-state index in [9.17, 15) is 14.4 Å². The lowest BCUT2D eigenvalue weighted by Gasteiger charge is -2.29. The Hall–Kier alpha value is -3.35. The fourth-order valence-electron chi connectivity index (χ4n) is 3.10. The molecule has 152 valence electrons. The number of rotatable bonds is 8. The second-order valence-electron chi connectivity index (χ2n) is 6.82. The lowest BCUT2D eigenvalue weighted by molar-refractivity contribution is -0.121. The van der Waals surface area contributed by atoms with Crippen LogP contribution in [0.4, 0.5) is 11.4 Å². The number of carbonyl (C=O) groups excluding carboxylic acids is 3. The molecule has 7 nitrogen and oxygen atoms in total. The highest BCUT2D eigenvalue weighted by Crippen LogP contribution is 2.34. The van der Waals surface area contributed by atoms with E-state index in [-0.39, 0.29) is 30.9 Å². The molecule has 2 N–H and O–H groups in total. The van der Waals surface area contributed by atoms with Gasteiger partial charge in [0.15, 0.2) is 6.61 Å². The first kappa shape index (κ1) is 20.4. The van der Waals surface area contributed by atoms with Crippen LogP contribution in [0.1, 0.15) is 36.5 Å². The number of nitrogens with zero attached hydrogens (tertiary/aromatic N) is 1. The van der Waals surface area contributed by atoms with Gasteiger partial charge < -0.3 is 20.3 Å². The van der Waals surface area contributed by atoms with Crippen LogP contribution in [0.25, 0.3) is 0 Å². The molecule has 0 aromatic heterocycles. The monoisotopic (exact) mass is 395 g/mol. The van der Waals surface area contributed by atoms with Gasteiger partial charge in [0, 0.05) is 17.8 Å². The van der Waals surface area contributed by atoms with E-state index in [1.807, 2.05) is 6.07 Å². The SMILES string of the molecule is CCCCCN1C(=O)COc2ccc(NC(=O)CNC(=O)c3ccccc3)cc21. The van der Waals surface area contributed by atoms with Crippen LogP contribution in [0.2, 0.25) is 0 Å². The average molecular weight is 395 g/mol. The molecule has 0 saturated carbocycles. The summed E-state index contributed by atoms with van der Waals surface area (Å²) in [5.41, 5.74) is 1.69. The number of benzene rings is 2. The van der Waals surface area contributed by atoms with Crippen LogP contribution < -0.4 is 20.3 Å². The molecule has 0 saturated heterocycles. The Balaban J connectivity index is 1.62. The van der Waals surface area contributed by atoms with E-state index in [0.29, 0.717) is 29.2 Å². The number of nitrogens with one attached hydrogen (secondary N) is 2. The number of hydrogen-bond acceptors (Lipinski definition) is 4. The topological polar surface area (TPSA) is 87.7 Å². The molecule has 2 aromatic carbocycles. The van der Waals surface area contributed by atoms with E-state index < -0.39 is 0 Å². The minimum atomic E-state index is -0.352. The van der Waals surface area contributed by atoms with Gasteiger partial charge in [-0.15, -0.1) is 0 Å². The van der Waals surface area contributed by atoms with Crippen molar-refractivity contribution in [2.75, 3.05) is 29.9 Å². The first-order chi connectivity index (χ1) is 14.1. The predicted molar refractivity (Wildman–Crippen MR) is 111 cm³/mol. The maximum atomic E-state index is 12.3. The summed E-state index contributed by atoms with van der Waals surface area (Å²) in [6.45, 7) is 2.60. The van der Waals surface area contributed by atoms with Crippen LogP contribution >= 0.6 is 0 Å². The summed E-state index contributed by atoms with van der Waals surface area (Å²) in [4.78, 5) is 38.3. The third-order valence-electron chi connectivity index (χ3n) is 4.62. The second-order valence-corrected chi connectivity index (χ2v) is 6.82. The minimum absolute atomic E-state index is 0.0242. The quantitative estimate of drug-likeness (QED) is 0.673. The molecule has 7 heteroatoms. The summed E-state index contributed by atoms with van der Waals surface area (Å²) in [6.07, 6.45) is 3.01. The Kier molecular flexibility index (Phi) is 6.84. The minimum Gasteiger partial charge on any atom is -0.482 e. The van der Waals surface area contributed by atoms with E-state index in [1.165, 1.54) is 0 Å². The van der Waals surface area contributed by atoms with Crippen molar-refractivity contribution in [3.63, 3.8) is 0 Å². The molecule has 0 atom stereocenters. The van der Waals surface area contributed by atoms with Crippen molar-refractivity contribution in [1.29, 1.82) is 0 Å². The number of amides is 3. The van der Waals surface area contributed by atoms with Gasteiger partial charge in [-0.1, -0.05) is 38.0 Å².